The van der Waals surface area contributed by atoms with Crippen molar-refractivity contribution in [3.8, 4) is 28.4 Å². The van der Waals surface area contributed by atoms with Crippen molar-refractivity contribution in [2.75, 3.05) is 5.32 Å². The number of hydrogen-bond acceptors (Lipinski definition) is 4. The summed E-state index contributed by atoms with van der Waals surface area (Å²) in [6.45, 7) is 2.25. The molecule has 198 valence electrons. The van der Waals surface area contributed by atoms with E-state index in [2.05, 4.69) is 26.9 Å². The van der Waals surface area contributed by atoms with Gasteiger partial charge in [-0.2, -0.15) is 0 Å². The standard InChI is InChI=1S/C28H25F5N4O/c1-14-15-2-4-17(5-3-15)25(14)36-24-12-23(16-6-8-19(9-7-16)38-28(31,32)33)35-27(37-24)21-13-34-26-20(21)10-18(29)11-22(26)30/h6-15,17,25,34H,2-5H2,1H3,(H,35,36,37)/t14-,15?,17?,25+/m1/s1. The first-order chi connectivity index (χ1) is 18.1. The van der Waals surface area contributed by atoms with E-state index in [1.165, 1.54) is 49.4 Å². The summed E-state index contributed by atoms with van der Waals surface area (Å²) < 4.78 is 70.3. The van der Waals surface area contributed by atoms with Gasteiger partial charge in [-0.25, -0.2) is 18.7 Å². The number of nitrogens with zero attached hydrogens (tertiary/aromatic N) is 2. The Morgan fingerprint density at radius 3 is 2.34 bits per heavy atom. The third kappa shape index (κ3) is 4.68. The van der Waals surface area contributed by atoms with Gasteiger partial charge in [0, 0.05) is 40.9 Å². The molecule has 0 spiro atoms. The number of fused-ring (bicyclic) bond motifs is 4. The van der Waals surface area contributed by atoms with Gasteiger partial charge in [-0.15, -0.1) is 13.2 Å². The second kappa shape index (κ2) is 9.25. The van der Waals surface area contributed by atoms with Gasteiger partial charge in [-0.05, 0) is 73.8 Å². The number of benzene rings is 2. The lowest BCUT2D eigenvalue weighted by molar-refractivity contribution is -0.274. The van der Waals surface area contributed by atoms with Crippen LogP contribution in [0.4, 0.5) is 27.8 Å². The van der Waals surface area contributed by atoms with Crippen LogP contribution in [0.5, 0.6) is 5.75 Å². The molecule has 0 radical (unpaired) electrons. The van der Waals surface area contributed by atoms with Crippen LogP contribution in [0.2, 0.25) is 0 Å². The van der Waals surface area contributed by atoms with Gasteiger partial charge in [0.15, 0.2) is 5.82 Å². The second-order valence-corrected chi connectivity index (χ2v) is 10.3. The predicted octanol–water partition coefficient (Wildman–Crippen LogP) is 7.71. The molecule has 0 unspecified atom stereocenters. The van der Waals surface area contributed by atoms with E-state index in [1.54, 1.807) is 6.07 Å². The summed E-state index contributed by atoms with van der Waals surface area (Å²) in [7, 11) is 0. The highest BCUT2D eigenvalue weighted by Gasteiger charge is 2.41. The van der Waals surface area contributed by atoms with Gasteiger partial charge < -0.3 is 15.0 Å². The quantitative estimate of drug-likeness (QED) is 0.261. The van der Waals surface area contributed by atoms with Gasteiger partial charge in [-0.3, -0.25) is 0 Å². The molecule has 3 fully saturated rings. The van der Waals surface area contributed by atoms with E-state index in [0.29, 0.717) is 45.8 Å². The molecule has 0 aliphatic heterocycles. The summed E-state index contributed by atoms with van der Waals surface area (Å²) in [5, 5.41) is 3.90. The van der Waals surface area contributed by atoms with Crippen LogP contribution in [-0.4, -0.2) is 27.4 Å². The van der Waals surface area contributed by atoms with Crippen molar-refractivity contribution in [2.24, 2.45) is 17.8 Å². The lowest BCUT2D eigenvalue weighted by atomic mass is 9.62. The van der Waals surface area contributed by atoms with Crippen molar-refractivity contribution in [1.82, 2.24) is 15.0 Å². The molecule has 2 N–H and O–H groups in total. The number of anilines is 1. The highest BCUT2D eigenvalue weighted by Crippen LogP contribution is 2.46. The number of ether oxygens (including phenoxy) is 1. The first-order valence-corrected chi connectivity index (χ1v) is 12.6. The Bertz CT molecular complexity index is 1470. The van der Waals surface area contributed by atoms with Gasteiger partial charge in [0.05, 0.1) is 11.2 Å². The highest BCUT2D eigenvalue weighted by molar-refractivity contribution is 5.94. The van der Waals surface area contributed by atoms with Crippen molar-refractivity contribution in [1.29, 1.82) is 0 Å². The highest BCUT2D eigenvalue weighted by atomic mass is 19.4. The molecule has 3 saturated carbocycles. The van der Waals surface area contributed by atoms with Crippen LogP contribution < -0.4 is 10.1 Å². The largest absolute Gasteiger partial charge is 0.573 e. The van der Waals surface area contributed by atoms with Crippen LogP contribution in [-0.2, 0) is 0 Å². The van der Waals surface area contributed by atoms with Gasteiger partial charge in [0.25, 0.3) is 0 Å². The van der Waals surface area contributed by atoms with E-state index in [0.717, 1.165) is 18.9 Å². The Labute approximate surface area is 215 Å². The van der Waals surface area contributed by atoms with E-state index in [4.69, 9.17) is 4.98 Å². The first-order valence-electron chi connectivity index (χ1n) is 12.6. The molecule has 0 amide bonds. The Morgan fingerprint density at radius 2 is 1.66 bits per heavy atom. The zero-order chi connectivity index (χ0) is 26.6. The van der Waals surface area contributed by atoms with Crippen molar-refractivity contribution >= 4 is 16.7 Å². The molecule has 38 heavy (non-hydrogen) atoms. The molecule has 2 aromatic carbocycles. The number of H-pyrrole nitrogens is 1. The number of alkyl halides is 3. The molecule has 3 aliphatic carbocycles. The molecule has 4 aromatic rings. The number of aromatic amines is 1. The fraction of sp³-hybridized carbons (Fsp3) is 0.357. The monoisotopic (exact) mass is 528 g/mol. The molecular weight excluding hydrogens is 503 g/mol. The summed E-state index contributed by atoms with van der Waals surface area (Å²) in [6, 6.07) is 9.41. The summed E-state index contributed by atoms with van der Waals surface area (Å²) in [5.41, 5.74) is 1.55. The zero-order valence-corrected chi connectivity index (χ0v) is 20.4. The summed E-state index contributed by atoms with van der Waals surface area (Å²) in [5.74, 6) is 0.626. The minimum Gasteiger partial charge on any atom is -0.406 e. The average molecular weight is 529 g/mol. The zero-order valence-electron chi connectivity index (χ0n) is 20.4. The molecule has 2 bridgehead atoms. The second-order valence-electron chi connectivity index (χ2n) is 10.3. The van der Waals surface area contributed by atoms with Crippen LogP contribution in [0.3, 0.4) is 0 Å². The Morgan fingerprint density at radius 1 is 0.947 bits per heavy atom. The van der Waals surface area contributed by atoms with Crippen LogP contribution >= 0.6 is 0 Å². The first kappa shape index (κ1) is 24.6. The van der Waals surface area contributed by atoms with Crippen molar-refractivity contribution in [3.05, 3.63) is 60.3 Å². The Balaban J connectivity index is 1.42. The van der Waals surface area contributed by atoms with Crippen LogP contribution in [0.15, 0.2) is 48.7 Å². The third-order valence-electron chi connectivity index (χ3n) is 8.01. The molecule has 5 nitrogen and oxygen atoms in total. The molecule has 2 atom stereocenters. The van der Waals surface area contributed by atoms with Gasteiger partial charge >= 0.3 is 6.36 Å². The minimum atomic E-state index is -4.79. The molecule has 7 rings (SSSR count). The third-order valence-corrected chi connectivity index (χ3v) is 8.01. The summed E-state index contributed by atoms with van der Waals surface area (Å²) in [6.07, 6.45) is 1.49. The molecule has 0 saturated heterocycles. The minimum absolute atomic E-state index is 0.136. The van der Waals surface area contributed by atoms with Crippen molar-refractivity contribution < 1.29 is 26.7 Å². The maximum atomic E-state index is 14.4. The lowest BCUT2D eigenvalue weighted by Crippen LogP contribution is -2.47. The fourth-order valence-electron chi connectivity index (χ4n) is 6.13. The van der Waals surface area contributed by atoms with Gasteiger partial charge in [-0.1, -0.05) is 6.92 Å². The number of halogens is 5. The maximum Gasteiger partial charge on any atom is 0.573 e. The normalized spacial score (nSPS) is 23.1. The smallest absolute Gasteiger partial charge is 0.406 e. The number of aromatic nitrogens is 3. The maximum absolute atomic E-state index is 14.4. The number of rotatable bonds is 5. The fourth-order valence-corrected chi connectivity index (χ4v) is 6.13. The Hall–Kier alpha value is -3.69. The SMILES string of the molecule is C[C@@H]1C2CCC(CC2)[C@H]1Nc1cc(-c2ccc(OC(F)(F)F)cc2)nc(-c2c[nH]c3c(F)cc(F)cc23)n1. The van der Waals surface area contributed by atoms with Crippen LogP contribution in [0.25, 0.3) is 33.5 Å². The van der Waals surface area contributed by atoms with Crippen LogP contribution in [0.1, 0.15) is 32.6 Å². The molecule has 10 heteroatoms. The summed E-state index contributed by atoms with van der Waals surface area (Å²) >= 11 is 0. The lowest BCUT2D eigenvalue weighted by Gasteiger charge is -2.47. The predicted molar refractivity (Wildman–Crippen MR) is 133 cm³/mol. The van der Waals surface area contributed by atoms with E-state index in [-0.39, 0.29) is 23.1 Å². The van der Waals surface area contributed by atoms with Gasteiger partial charge in [0.2, 0.25) is 0 Å². The van der Waals surface area contributed by atoms with Gasteiger partial charge in [0.1, 0.15) is 23.2 Å². The Kier molecular flexibility index (Phi) is 6.00. The average Bonchev–Trinajstić information content (AvgIpc) is 3.30. The molecular formula is C28H25F5N4O. The van der Waals surface area contributed by atoms with Crippen LogP contribution in [0, 0.1) is 29.4 Å². The molecule has 3 aliphatic rings. The van der Waals surface area contributed by atoms with E-state index in [9.17, 15) is 22.0 Å². The van der Waals surface area contributed by atoms with Crippen molar-refractivity contribution in [2.45, 2.75) is 45.0 Å². The number of hydrogen-bond donors (Lipinski definition) is 2. The van der Waals surface area contributed by atoms with E-state index >= 15 is 0 Å². The summed E-state index contributed by atoms with van der Waals surface area (Å²) in [4.78, 5) is 12.2. The van der Waals surface area contributed by atoms with E-state index in [1.807, 2.05) is 0 Å². The molecule has 2 heterocycles. The number of nitrogens with one attached hydrogen (secondary N) is 2. The van der Waals surface area contributed by atoms with E-state index < -0.39 is 18.0 Å². The molecule has 2 aromatic heterocycles. The topological polar surface area (TPSA) is 62.8 Å². The van der Waals surface area contributed by atoms with Crippen molar-refractivity contribution in [3.63, 3.8) is 0 Å².